The normalized spacial score (nSPS) is 16.8. The highest BCUT2D eigenvalue weighted by molar-refractivity contribution is 6.01. The Balaban J connectivity index is 1.18. The fourth-order valence-corrected chi connectivity index (χ4v) is 4.74. The summed E-state index contributed by atoms with van der Waals surface area (Å²) < 4.78 is 5.58. The summed E-state index contributed by atoms with van der Waals surface area (Å²) >= 11 is 0. The van der Waals surface area contributed by atoms with E-state index < -0.39 is 0 Å². The van der Waals surface area contributed by atoms with Gasteiger partial charge in [-0.1, -0.05) is 59.8 Å². The first-order chi connectivity index (χ1) is 15.3. The van der Waals surface area contributed by atoms with Crippen molar-refractivity contribution in [2.45, 2.75) is 19.0 Å². The van der Waals surface area contributed by atoms with E-state index in [1.165, 1.54) is 11.1 Å². The third-order valence-electron chi connectivity index (χ3n) is 6.59. The quantitative estimate of drug-likeness (QED) is 0.504. The topological polar surface area (TPSA) is 49.6 Å². The first-order valence-electron chi connectivity index (χ1n) is 10.8. The van der Waals surface area contributed by atoms with Crippen LogP contribution in [0.15, 0.2) is 77.3 Å². The average molecular weight is 409 g/mol. The molecule has 1 saturated heterocycles. The molecule has 2 aliphatic rings. The van der Waals surface area contributed by atoms with Crippen LogP contribution in [0.1, 0.15) is 21.5 Å². The molecule has 1 aromatic heterocycles. The Bertz CT molecular complexity index is 1260. The van der Waals surface area contributed by atoms with Crippen molar-refractivity contribution >= 4 is 16.8 Å². The van der Waals surface area contributed by atoms with Crippen LogP contribution in [0.5, 0.6) is 0 Å². The number of amides is 1. The van der Waals surface area contributed by atoms with Crippen LogP contribution in [0.2, 0.25) is 0 Å². The molecule has 1 amide bonds. The van der Waals surface area contributed by atoms with E-state index in [1.54, 1.807) is 0 Å². The molecule has 6 rings (SSSR count). The molecule has 0 aliphatic carbocycles. The molecule has 0 spiro atoms. The van der Waals surface area contributed by atoms with E-state index in [9.17, 15) is 4.79 Å². The van der Waals surface area contributed by atoms with Gasteiger partial charge < -0.3 is 9.42 Å². The Hall–Kier alpha value is -3.44. The van der Waals surface area contributed by atoms with E-state index in [0.717, 1.165) is 49.1 Å². The smallest absolute Gasteiger partial charge is 0.253 e. The van der Waals surface area contributed by atoms with Crippen LogP contribution in [0, 0.1) is 0 Å². The molecule has 31 heavy (non-hydrogen) atoms. The Kier molecular flexibility index (Phi) is 4.35. The Labute approximate surface area is 180 Å². The van der Waals surface area contributed by atoms with Crippen molar-refractivity contribution in [3.63, 3.8) is 0 Å². The van der Waals surface area contributed by atoms with Crippen molar-refractivity contribution in [1.82, 2.24) is 15.0 Å². The van der Waals surface area contributed by atoms with Crippen LogP contribution in [0.3, 0.4) is 0 Å². The minimum absolute atomic E-state index is 0.0794. The summed E-state index contributed by atoms with van der Waals surface area (Å²) in [5.74, 6) is 0.787. The van der Waals surface area contributed by atoms with E-state index in [-0.39, 0.29) is 5.91 Å². The predicted molar refractivity (Wildman–Crippen MR) is 120 cm³/mol. The number of aromatic nitrogens is 1. The van der Waals surface area contributed by atoms with E-state index >= 15 is 0 Å². The highest BCUT2D eigenvalue weighted by Gasteiger charge is 2.36. The van der Waals surface area contributed by atoms with E-state index in [2.05, 4.69) is 34.3 Å². The van der Waals surface area contributed by atoms with Gasteiger partial charge >= 0.3 is 0 Å². The fraction of sp³-hybridized carbons (Fsp3) is 0.231. The lowest BCUT2D eigenvalue weighted by atomic mass is 9.96. The number of hydrogen-bond donors (Lipinski definition) is 0. The fourth-order valence-electron chi connectivity index (χ4n) is 4.74. The third-order valence-corrected chi connectivity index (χ3v) is 6.59. The lowest BCUT2D eigenvalue weighted by Crippen LogP contribution is -2.61. The second-order valence-electron chi connectivity index (χ2n) is 8.46. The minimum atomic E-state index is 0.0794. The van der Waals surface area contributed by atoms with Crippen LogP contribution >= 0.6 is 0 Å². The van der Waals surface area contributed by atoms with Gasteiger partial charge in [-0.3, -0.25) is 9.69 Å². The molecule has 0 N–H and O–H groups in total. The second kappa shape index (κ2) is 7.36. The molecular weight excluding hydrogens is 386 g/mol. The standard InChI is InChI=1S/C26H23N3O2/c30-26(29-16-22(17-29)28-13-12-18-6-4-5-9-21(18)15-28)20-10-11-24-23(14-20)25(31-27-24)19-7-2-1-3-8-19/h1-11,14,22H,12-13,15-17H2. The van der Waals surface area contributed by atoms with Crippen LogP contribution in [0.4, 0.5) is 0 Å². The first kappa shape index (κ1) is 18.3. The van der Waals surface area contributed by atoms with E-state index in [1.807, 2.05) is 53.4 Å². The van der Waals surface area contributed by atoms with Crippen molar-refractivity contribution in [2.24, 2.45) is 0 Å². The number of likely N-dealkylation sites (tertiary alicyclic amines) is 1. The highest BCUT2D eigenvalue weighted by Crippen LogP contribution is 2.30. The van der Waals surface area contributed by atoms with Gasteiger partial charge in [-0.15, -0.1) is 0 Å². The molecule has 5 heteroatoms. The van der Waals surface area contributed by atoms with Gasteiger partial charge in [-0.25, -0.2) is 0 Å². The maximum absolute atomic E-state index is 13.1. The van der Waals surface area contributed by atoms with Crippen LogP contribution in [-0.4, -0.2) is 46.5 Å². The Morgan fingerprint density at radius 1 is 0.935 bits per heavy atom. The van der Waals surface area contributed by atoms with E-state index in [0.29, 0.717) is 17.4 Å². The molecule has 0 atom stereocenters. The first-order valence-corrected chi connectivity index (χ1v) is 10.8. The number of rotatable bonds is 3. The van der Waals surface area contributed by atoms with Gasteiger partial charge in [0.25, 0.3) is 5.91 Å². The number of nitrogens with zero attached hydrogens (tertiary/aromatic N) is 3. The number of carbonyl (C=O) groups is 1. The number of hydrogen-bond acceptors (Lipinski definition) is 4. The predicted octanol–water partition coefficient (Wildman–Crippen LogP) is 4.38. The molecule has 0 unspecified atom stereocenters. The molecule has 0 radical (unpaired) electrons. The number of carbonyl (C=O) groups excluding carboxylic acids is 1. The molecule has 4 aromatic rings. The van der Waals surface area contributed by atoms with Gasteiger partial charge in [0.15, 0.2) is 5.76 Å². The second-order valence-corrected chi connectivity index (χ2v) is 8.46. The zero-order chi connectivity index (χ0) is 20.8. The van der Waals surface area contributed by atoms with Gasteiger partial charge in [0.1, 0.15) is 5.52 Å². The largest absolute Gasteiger partial charge is 0.355 e. The third kappa shape index (κ3) is 3.22. The van der Waals surface area contributed by atoms with Gasteiger partial charge in [-0.2, -0.15) is 0 Å². The molecule has 5 nitrogen and oxygen atoms in total. The lowest BCUT2D eigenvalue weighted by molar-refractivity contribution is 0.0218. The molecular formula is C26H23N3O2. The summed E-state index contributed by atoms with van der Waals surface area (Å²) in [5.41, 5.74) is 5.30. The van der Waals surface area contributed by atoms with Crippen molar-refractivity contribution in [1.29, 1.82) is 0 Å². The molecule has 0 saturated carbocycles. The SMILES string of the molecule is O=C(c1ccc2noc(-c3ccccc3)c2c1)N1CC(N2CCc3ccccc3C2)C1. The highest BCUT2D eigenvalue weighted by atomic mass is 16.5. The lowest BCUT2D eigenvalue weighted by Gasteiger charge is -2.47. The molecule has 3 heterocycles. The minimum Gasteiger partial charge on any atom is -0.355 e. The van der Waals surface area contributed by atoms with Gasteiger partial charge in [0.2, 0.25) is 0 Å². The summed E-state index contributed by atoms with van der Waals surface area (Å²) in [4.78, 5) is 17.6. The number of benzene rings is 3. The molecule has 3 aromatic carbocycles. The molecule has 0 bridgehead atoms. The van der Waals surface area contributed by atoms with Gasteiger partial charge in [0, 0.05) is 43.3 Å². The molecule has 1 fully saturated rings. The van der Waals surface area contributed by atoms with Crippen molar-refractivity contribution in [3.8, 4) is 11.3 Å². The summed E-state index contributed by atoms with van der Waals surface area (Å²) in [6.45, 7) is 3.62. The monoisotopic (exact) mass is 409 g/mol. The van der Waals surface area contributed by atoms with Crippen molar-refractivity contribution in [3.05, 3.63) is 89.5 Å². The molecule has 2 aliphatic heterocycles. The zero-order valence-electron chi connectivity index (χ0n) is 17.2. The number of fused-ring (bicyclic) bond motifs is 2. The molecule has 154 valence electrons. The maximum atomic E-state index is 13.1. The van der Waals surface area contributed by atoms with Crippen LogP contribution < -0.4 is 0 Å². The average Bonchev–Trinajstić information content (AvgIpc) is 3.22. The summed E-state index contributed by atoms with van der Waals surface area (Å²) in [7, 11) is 0. The summed E-state index contributed by atoms with van der Waals surface area (Å²) in [6, 6.07) is 24.7. The van der Waals surface area contributed by atoms with Gasteiger partial charge in [0.05, 0.1) is 5.39 Å². The summed E-state index contributed by atoms with van der Waals surface area (Å²) in [6.07, 6.45) is 1.09. The van der Waals surface area contributed by atoms with E-state index in [4.69, 9.17) is 4.52 Å². The Morgan fingerprint density at radius 3 is 2.55 bits per heavy atom. The van der Waals surface area contributed by atoms with Crippen molar-refractivity contribution in [2.75, 3.05) is 19.6 Å². The summed E-state index contributed by atoms with van der Waals surface area (Å²) in [5, 5.41) is 5.04. The Morgan fingerprint density at radius 2 is 1.71 bits per heavy atom. The zero-order valence-corrected chi connectivity index (χ0v) is 17.2. The van der Waals surface area contributed by atoms with Gasteiger partial charge in [-0.05, 0) is 35.7 Å². The maximum Gasteiger partial charge on any atom is 0.253 e. The van der Waals surface area contributed by atoms with Crippen molar-refractivity contribution < 1.29 is 9.32 Å². The van der Waals surface area contributed by atoms with Crippen LogP contribution in [-0.2, 0) is 13.0 Å². The van der Waals surface area contributed by atoms with Crippen LogP contribution in [0.25, 0.3) is 22.2 Å².